The second kappa shape index (κ2) is 8.24. The first kappa shape index (κ1) is 23.1. The van der Waals surface area contributed by atoms with Gasteiger partial charge in [0.2, 0.25) is 5.95 Å². The van der Waals surface area contributed by atoms with Gasteiger partial charge in [0, 0.05) is 31.7 Å². The molecule has 1 aromatic carbocycles. The molecule has 11 heteroatoms. The maximum absolute atomic E-state index is 13.1. The predicted octanol–water partition coefficient (Wildman–Crippen LogP) is 4.68. The van der Waals surface area contributed by atoms with E-state index in [1.807, 2.05) is 0 Å². The van der Waals surface area contributed by atoms with Gasteiger partial charge in [-0.05, 0) is 43.0 Å². The number of hydrogen-bond acceptors (Lipinski definition) is 5. The lowest BCUT2D eigenvalue weighted by atomic mass is 10.0. The maximum Gasteiger partial charge on any atom is 0.416 e. The highest BCUT2D eigenvalue weighted by molar-refractivity contribution is 5.94. The lowest BCUT2D eigenvalue weighted by molar-refractivity contribution is -0.137. The fraction of sp³-hybridized carbons (Fsp3) is 0.417. The Hall–Kier alpha value is -3.63. The van der Waals surface area contributed by atoms with Crippen LogP contribution < -0.4 is 10.2 Å². The van der Waals surface area contributed by atoms with Crippen LogP contribution in [-0.4, -0.2) is 50.1 Å². The quantitative estimate of drug-likeness (QED) is 0.549. The molecule has 1 N–H and O–H groups in total. The number of aromatic nitrogens is 4. The molecule has 2 aromatic heterocycles. The number of carbonyl (C=O) groups excluding carboxylic acids is 1. The van der Waals surface area contributed by atoms with Crippen LogP contribution in [0.25, 0.3) is 5.69 Å². The second-order valence-electron chi connectivity index (χ2n) is 9.50. The summed E-state index contributed by atoms with van der Waals surface area (Å²) in [4.78, 5) is 29.6. The lowest BCUT2D eigenvalue weighted by Gasteiger charge is -2.25. The van der Waals surface area contributed by atoms with E-state index in [1.165, 1.54) is 12.4 Å². The minimum atomic E-state index is -4.42. The van der Waals surface area contributed by atoms with E-state index < -0.39 is 17.3 Å². The van der Waals surface area contributed by atoms with Crippen molar-refractivity contribution in [2.24, 2.45) is 5.92 Å². The second-order valence-corrected chi connectivity index (χ2v) is 9.50. The topological polar surface area (TPSA) is 79.2 Å². The summed E-state index contributed by atoms with van der Waals surface area (Å²) < 4.78 is 40.9. The number of anilines is 2. The van der Waals surface area contributed by atoms with Crippen molar-refractivity contribution in [2.45, 2.75) is 44.4 Å². The number of halogens is 3. The molecule has 1 atom stereocenters. The van der Waals surface area contributed by atoms with Crippen molar-refractivity contribution < 1.29 is 18.0 Å². The number of nitrogens with zero attached hydrogens (tertiary/aromatic N) is 6. The summed E-state index contributed by atoms with van der Waals surface area (Å²) >= 11 is 0. The molecule has 2 fully saturated rings. The van der Waals surface area contributed by atoms with E-state index in [1.54, 1.807) is 45.9 Å². The normalized spacial score (nSPS) is 19.5. The predicted molar refractivity (Wildman–Crippen MR) is 124 cm³/mol. The van der Waals surface area contributed by atoms with Crippen LogP contribution in [0.2, 0.25) is 0 Å². The van der Waals surface area contributed by atoms with Gasteiger partial charge in [0.15, 0.2) is 0 Å². The Balaban J connectivity index is 1.38. The Morgan fingerprint density at radius 3 is 2.63 bits per heavy atom. The number of alkyl halides is 3. The van der Waals surface area contributed by atoms with Gasteiger partial charge >= 0.3 is 12.2 Å². The van der Waals surface area contributed by atoms with E-state index in [2.05, 4.69) is 34.1 Å². The largest absolute Gasteiger partial charge is 0.416 e. The molecule has 0 unspecified atom stereocenters. The molecular formula is C24H26F3N7O. The Kier molecular flexibility index (Phi) is 5.45. The molecule has 2 amide bonds. The van der Waals surface area contributed by atoms with E-state index in [9.17, 15) is 18.0 Å². The zero-order valence-corrected chi connectivity index (χ0v) is 19.6. The summed E-state index contributed by atoms with van der Waals surface area (Å²) in [5, 5.41) is 3.35. The van der Waals surface area contributed by atoms with Crippen LogP contribution in [0.3, 0.4) is 0 Å². The van der Waals surface area contributed by atoms with Gasteiger partial charge < -0.3 is 14.8 Å². The van der Waals surface area contributed by atoms with Crippen LogP contribution in [-0.2, 0) is 11.7 Å². The monoisotopic (exact) mass is 485 g/mol. The Morgan fingerprint density at radius 1 is 1.17 bits per heavy atom. The van der Waals surface area contributed by atoms with Crippen molar-refractivity contribution in [3.63, 3.8) is 0 Å². The number of rotatable bonds is 6. The summed E-state index contributed by atoms with van der Waals surface area (Å²) in [7, 11) is 1.78. The van der Waals surface area contributed by atoms with Crippen molar-refractivity contribution in [2.75, 3.05) is 23.8 Å². The van der Waals surface area contributed by atoms with Crippen LogP contribution in [0.5, 0.6) is 0 Å². The summed E-state index contributed by atoms with van der Waals surface area (Å²) in [5.74, 6) is 1.16. The number of benzene rings is 1. The highest BCUT2D eigenvalue weighted by Crippen LogP contribution is 2.47. The van der Waals surface area contributed by atoms with Gasteiger partial charge in [0.25, 0.3) is 0 Å². The molecular weight excluding hydrogens is 459 g/mol. The third kappa shape index (κ3) is 4.30. The molecule has 8 nitrogen and oxygen atoms in total. The molecule has 5 rings (SSSR count). The average molecular weight is 486 g/mol. The first-order valence-corrected chi connectivity index (χ1v) is 11.4. The molecule has 1 aliphatic carbocycles. The van der Waals surface area contributed by atoms with Crippen LogP contribution in [0.1, 0.15) is 37.9 Å². The summed E-state index contributed by atoms with van der Waals surface area (Å²) in [6, 6.07) is 6.75. The standard InChI is InChI=1S/C24H26F3N7O/c1-15(2)18-12-32(3)22(35)34(18)20-7-10-28-21(30-20)31-23(8-9-23)19-13-33(14-29-19)17-6-4-5-16(11-17)24(25,26)27/h4-7,10-11,13-15,18H,8-9,12H2,1-3H3,(H,28,30,31)/t18-/m1/s1. The fourth-order valence-corrected chi connectivity index (χ4v) is 4.42. The molecule has 0 spiro atoms. The first-order chi connectivity index (χ1) is 16.6. The highest BCUT2D eigenvalue weighted by atomic mass is 19.4. The molecule has 0 radical (unpaired) electrons. The SMILES string of the molecule is CC(C)[C@H]1CN(C)C(=O)N1c1ccnc(NC2(c3cn(-c4cccc(C(F)(F)F)c4)cn3)CC2)n1. The van der Waals surface area contributed by atoms with E-state index in [4.69, 9.17) is 0 Å². The Bertz CT molecular complexity index is 1250. The maximum atomic E-state index is 13.1. The third-order valence-electron chi connectivity index (χ3n) is 6.63. The minimum absolute atomic E-state index is 0.00768. The van der Waals surface area contributed by atoms with E-state index in [0.717, 1.165) is 25.0 Å². The van der Waals surface area contributed by atoms with Gasteiger partial charge in [-0.3, -0.25) is 4.90 Å². The molecule has 2 aliphatic rings. The molecule has 0 bridgehead atoms. The van der Waals surface area contributed by atoms with Gasteiger partial charge in [-0.25, -0.2) is 14.8 Å². The number of carbonyl (C=O) groups is 1. The van der Waals surface area contributed by atoms with Gasteiger partial charge in [0.1, 0.15) is 5.82 Å². The van der Waals surface area contributed by atoms with Crippen LogP contribution in [0.15, 0.2) is 49.1 Å². The minimum Gasteiger partial charge on any atom is -0.343 e. The smallest absolute Gasteiger partial charge is 0.343 e. The Morgan fingerprint density at radius 2 is 1.94 bits per heavy atom. The molecule has 184 valence electrons. The fourth-order valence-electron chi connectivity index (χ4n) is 4.42. The number of nitrogens with one attached hydrogen (secondary N) is 1. The zero-order valence-electron chi connectivity index (χ0n) is 19.6. The van der Waals surface area contributed by atoms with Crippen molar-refractivity contribution in [3.05, 3.63) is 60.3 Å². The van der Waals surface area contributed by atoms with Crippen LogP contribution >= 0.6 is 0 Å². The van der Waals surface area contributed by atoms with Crippen molar-refractivity contribution >= 4 is 17.8 Å². The number of urea groups is 1. The number of hydrogen-bond donors (Lipinski definition) is 1. The zero-order chi connectivity index (χ0) is 25.0. The molecule has 3 heterocycles. The lowest BCUT2D eigenvalue weighted by Crippen LogP contribution is -2.38. The van der Waals surface area contributed by atoms with Crippen LogP contribution in [0.4, 0.5) is 29.7 Å². The first-order valence-electron chi connectivity index (χ1n) is 11.4. The Labute approximate surface area is 200 Å². The average Bonchev–Trinajstić information content (AvgIpc) is 3.28. The van der Waals surface area contributed by atoms with Gasteiger partial charge in [0.05, 0.1) is 29.2 Å². The van der Waals surface area contributed by atoms with E-state index >= 15 is 0 Å². The molecule has 35 heavy (non-hydrogen) atoms. The number of imidazole rings is 1. The van der Waals surface area contributed by atoms with Crippen molar-refractivity contribution in [1.82, 2.24) is 24.4 Å². The summed E-state index contributed by atoms with van der Waals surface area (Å²) in [6.45, 7) is 4.77. The highest BCUT2D eigenvalue weighted by Gasteiger charge is 2.47. The van der Waals surface area contributed by atoms with Gasteiger partial charge in [-0.1, -0.05) is 19.9 Å². The summed E-state index contributed by atoms with van der Waals surface area (Å²) in [5.41, 5.74) is -0.143. The van der Waals surface area contributed by atoms with Gasteiger partial charge in [-0.2, -0.15) is 18.2 Å². The molecule has 3 aromatic rings. The molecule has 1 saturated heterocycles. The van der Waals surface area contributed by atoms with E-state index in [0.29, 0.717) is 29.7 Å². The summed E-state index contributed by atoms with van der Waals surface area (Å²) in [6.07, 6.45) is 2.00. The van der Waals surface area contributed by atoms with Crippen molar-refractivity contribution in [1.29, 1.82) is 0 Å². The van der Waals surface area contributed by atoms with Gasteiger partial charge in [-0.15, -0.1) is 0 Å². The number of likely N-dealkylation sites (N-methyl/N-ethyl adjacent to an activating group) is 1. The van der Waals surface area contributed by atoms with Crippen molar-refractivity contribution in [3.8, 4) is 5.69 Å². The number of amides is 2. The molecule has 1 aliphatic heterocycles. The van der Waals surface area contributed by atoms with Crippen LogP contribution in [0, 0.1) is 5.92 Å². The third-order valence-corrected chi connectivity index (χ3v) is 6.63. The molecule has 1 saturated carbocycles. The van der Waals surface area contributed by atoms with E-state index in [-0.39, 0.29) is 18.0 Å².